The highest BCUT2D eigenvalue weighted by atomic mass is 14.9. The van der Waals surface area contributed by atoms with E-state index in [2.05, 4.69) is 36.5 Å². The van der Waals surface area contributed by atoms with Crippen molar-refractivity contribution >= 4 is 0 Å². The van der Waals surface area contributed by atoms with E-state index in [-0.39, 0.29) is 0 Å². The largest absolute Gasteiger partial charge is 0.310 e. The van der Waals surface area contributed by atoms with E-state index in [4.69, 9.17) is 0 Å². The molecule has 2 rings (SSSR count). The Kier molecular flexibility index (Phi) is 2.13. The van der Waals surface area contributed by atoms with Crippen molar-refractivity contribution in [1.82, 2.24) is 5.32 Å². The first-order valence-corrected chi connectivity index (χ1v) is 4.69. The van der Waals surface area contributed by atoms with E-state index < -0.39 is 0 Å². The minimum atomic E-state index is 0.531. The third-order valence-corrected chi connectivity index (χ3v) is 2.60. The van der Waals surface area contributed by atoms with E-state index >= 15 is 0 Å². The van der Waals surface area contributed by atoms with Crippen LogP contribution in [0.1, 0.15) is 30.5 Å². The molecule has 0 bridgehead atoms. The average Bonchev–Trinajstić information content (AvgIpc) is 2.29. The first-order valence-electron chi connectivity index (χ1n) is 4.69. The fourth-order valence-electron chi connectivity index (χ4n) is 1.89. The van der Waals surface area contributed by atoms with Gasteiger partial charge >= 0.3 is 0 Å². The summed E-state index contributed by atoms with van der Waals surface area (Å²) in [5.74, 6) is 0. The zero-order valence-corrected chi connectivity index (χ0v) is 7.51. The van der Waals surface area contributed by atoms with E-state index in [1.807, 2.05) is 0 Å². The monoisotopic (exact) mass is 161 g/mol. The minimum absolute atomic E-state index is 0.531. The molecule has 0 spiro atoms. The Hall–Kier alpha value is -0.820. The van der Waals surface area contributed by atoms with Crippen LogP contribution in [0.25, 0.3) is 0 Å². The molecule has 1 atom stereocenters. The molecule has 1 nitrogen and oxygen atoms in total. The van der Waals surface area contributed by atoms with Gasteiger partial charge in [0.1, 0.15) is 0 Å². The molecule has 1 aromatic carbocycles. The minimum Gasteiger partial charge on any atom is -0.310 e. The molecular weight excluding hydrogens is 146 g/mol. The van der Waals surface area contributed by atoms with Crippen LogP contribution in [0.5, 0.6) is 0 Å². The second-order valence-corrected chi connectivity index (χ2v) is 3.48. The van der Waals surface area contributed by atoms with Gasteiger partial charge in [-0.15, -0.1) is 0 Å². The summed E-state index contributed by atoms with van der Waals surface area (Å²) >= 11 is 0. The van der Waals surface area contributed by atoms with Gasteiger partial charge in [0, 0.05) is 6.04 Å². The molecule has 1 heterocycles. The molecule has 1 N–H and O–H groups in total. The van der Waals surface area contributed by atoms with Gasteiger partial charge in [0.25, 0.3) is 0 Å². The number of aryl methyl sites for hydroxylation is 1. The lowest BCUT2D eigenvalue weighted by molar-refractivity contribution is 0.582. The maximum absolute atomic E-state index is 3.50. The van der Waals surface area contributed by atoms with Crippen LogP contribution in [-0.2, 0) is 6.42 Å². The molecule has 1 aliphatic heterocycles. The summed E-state index contributed by atoms with van der Waals surface area (Å²) in [5.41, 5.74) is 3.00. The molecule has 0 fully saturated rings. The zero-order valence-electron chi connectivity index (χ0n) is 7.51. The van der Waals surface area contributed by atoms with Crippen molar-refractivity contribution in [2.75, 3.05) is 6.54 Å². The number of rotatable bonds is 0. The van der Waals surface area contributed by atoms with Crippen molar-refractivity contribution < 1.29 is 0 Å². The normalized spacial score (nSPS) is 22.9. The molecule has 1 heteroatoms. The molecule has 64 valence electrons. The lowest BCUT2D eigenvalue weighted by Crippen LogP contribution is -2.17. The highest BCUT2D eigenvalue weighted by Gasteiger charge is 2.12. The summed E-state index contributed by atoms with van der Waals surface area (Å²) < 4.78 is 0. The van der Waals surface area contributed by atoms with E-state index in [1.54, 1.807) is 0 Å². The summed E-state index contributed by atoms with van der Waals surface area (Å²) in [5, 5.41) is 3.50. The number of benzene rings is 1. The molecule has 0 unspecified atom stereocenters. The lowest BCUT2D eigenvalue weighted by Gasteiger charge is -2.12. The smallest absolute Gasteiger partial charge is 0.0294 e. The van der Waals surface area contributed by atoms with E-state index in [9.17, 15) is 0 Å². The first kappa shape index (κ1) is 7.81. The summed E-state index contributed by atoms with van der Waals surface area (Å²) in [6, 6.07) is 9.28. The molecule has 0 aromatic heterocycles. The van der Waals surface area contributed by atoms with Crippen molar-refractivity contribution in [3.05, 3.63) is 35.4 Å². The van der Waals surface area contributed by atoms with E-state index in [0.717, 1.165) is 6.54 Å². The predicted octanol–water partition coefficient (Wildman–Crippen LogP) is 2.28. The van der Waals surface area contributed by atoms with Crippen LogP contribution < -0.4 is 5.32 Å². The van der Waals surface area contributed by atoms with E-state index in [1.165, 1.54) is 24.0 Å². The van der Waals surface area contributed by atoms with Crippen LogP contribution in [-0.4, -0.2) is 6.54 Å². The Morgan fingerprint density at radius 1 is 1.33 bits per heavy atom. The third kappa shape index (κ3) is 1.37. The maximum Gasteiger partial charge on any atom is 0.0294 e. The van der Waals surface area contributed by atoms with Gasteiger partial charge in [-0.3, -0.25) is 0 Å². The van der Waals surface area contributed by atoms with Crippen LogP contribution >= 0.6 is 0 Å². The predicted molar refractivity (Wildman–Crippen MR) is 51.2 cm³/mol. The molecular formula is C11H15N. The van der Waals surface area contributed by atoms with Gasteiger partial charge in [0.15, 0.2) is 0 Å². The van der Waals surface area contributed by atoms with Gasteiger partial charge < -0.3 is 5.32 Å². The SMILES string of the molecule is C[C@H]1NCCCc2ccccc21. The third-order valence-electron chi connectivity index (χ3n) is 2.60. The van der Waals surface area contributed by atoms with Crippen molar-refractivity contribution in [3.8, 4) is 0 Å². The van der Waals surface area contributed by atoms with Crippen molar-refractivity contribution in [1.29, 1.82) is 0 Å². The Morgan fingerprint density at radius 3 is 3.08 bits per heavy atom. The Morgan fingerprint density at radius 2 is 2.17 bits per heavy atom. The van der Waals surface area contributed by atoms with Gasteiger partial charge in [0.05, 0.1) is 0 Å². The summed E-state index contributed by atoms with van der Waals surface area (Å²) in [6.07, 6.45) is 2.49. The molecule has 0 radical (unpaired) electrons. The van der Waals surface area contributed by atoms with Crippen molar-refractivity contribution in [2.45, 2.75) is 25.8 Å². The molecule has 0 aliphatic carbocycles. The van der Waals surface area contributed by atoms with Crippen LogP contribution in [0.4, 0.5) is 0 Å². The standard InChI is InChI=1S/C11H15N/c1-9-11-7-3-2-5-10(11)6-4-8-12-9/h2-3,5,7,9,12H,4,6,8H2,1H3/t9-/m1/s1. The Bertz CT molecular complexity index is 267. The second kappa shape index (κ2) is 3.28. The van der Waals surface area contributed by atoms with Crippen molar-refractivity contribution in [2.24, 2.45) is 0 Å². The topological polar surface area (TPSA) is 12.0 Å². The fourth-order valence-corrected chi connectivity index (χ4v) is 1.89. The summed E-state index contributed by atoms with van der Waals surface area (Å²) in [6.45, 7) is 3.39. The highest BCUT2D eigenvalue weighted by molar-refractivity contribution is 5.30. The molecule has 0 saturated carbocycles. The van der Waals surface area contributed by atoms with E-state index in [0.29, 0.717) is 6.04 Å². The molecule has 0 saturated heterocycles. The van der Waals surface area contributed by atoms with Crippen molar-refractivity contribution in [3.63, 3.8) is 0 Å². The van der Waals surface area contributed by atoms with Gasteiger partial charge in [-0.05, 0) is 37.4 Å². The van der Waals surface area contributed by atoms with Crippen LogP contribution in [0, 0.1) is 0 Å². The Balaban J connectivity index is 2.39. The second-order valence-electron chi connectivity index (χ2n) is 3.48. The first-order chi connectivity index (χ1) is 5.88. The van der Waals surface area contributed by atoms with Gasteiger partial charge in [-0.1, -0.05) is 24.3 Å². The number of hydrogen-bond donors (Lipinski definition) is 1. The van der Waals surface area contributed by atoms with Gasteiger partial charge in [-0.25, -0.2) is 0 Å². The van der Waals surface area contributed by atoms with Crippen LogP contribution in [0.3, 0.4) is 0 Å². The van der Waals surface area contributed by atoms with Crippen LogP contribution in [0.15, 0.2) is 24.3 Å². The van der Waals surface area contributed by atoms with Gasteiger partial charge in [0.2, 0.25) is 0 Å². The number of hydrogen-bond acceptors (Lipinski definition) is 1. The lowest BCUT2D eigenvalue weighted by atomic mass is 10.0. The summed E-state index contributed by atoms with van der Waals surface area (Å²) in [4.78, 5) is 0. The quantitative estimate of drug-likeness (QED) is 0.615. The molecule has 12 heavy (non-hydrogen) atoms. The molecule has 1 aliphatic rings. The highest BCUT2D eigenvalue weighted by Crippen LogP contribution is 2.21. The Labute approximate surface area is 73.8 Å². The number of fused-ring (bicyclic) bond motifs is 1. The zero-order chi connectivity index (χ0) is 8.39. The number of nitrogens with one attached hydrogen (secondary N) is 1. The molecule has 1 aromatic rings. The van der Waals surface area contributed by atoms with Crippen LogP contribution in [0.2, 0.25) is 0 Å². The average molecular weight is 161 g/mol. The fraction of sp³-hybridized carbons (Fsp3) is 0.455. The van der Waals surface area contributed by atoms with Gasteiger partial charge in [-0.2, -0.15) is 0 Å². The molecule has 0 amide bonds. The maximum atomic E-state index is 3.50. The summed E-state index contributed by atoms with van der Waals surface area (Å²) in [7, 11) is 0.